The third-order valence-corrected chi connectivity index (χ3v) is 3.04. The minimum Gasteiger partial charge on any atom is -0.444 e. The zero-order chi connectivity index (χ0) is 15.6. The van der Waals surface area contributed by atoms with Crippen LogP contribution >= 0.6 is 0 Å². The molecule has 0 bridgehead atoms. The number of nitrogens with zero attached hydrogens (tertiary/aromatic N) is 1. The van der Waals surface area contributed by atoms with Crippen molar-refractivity contribution in [3.8, 4) is 0 Å². The lowest BCUT2D eigenvalue weighted by Gasteiger charge is -2.24. The van der Waals surface area contributed by atoms with Crippen molar-refractivity contribution in [2.45, 2.75) is 32.4 Å². The molecule has 1 aliphatic heterocycles. The van der Waals surface area contributed by atoms with Crippen molar-refractivity contribution in [2.24, 2.45) is 0 Å². The summed E-state index contributed by atoms with van der Waals surface area (Å²) in [6.07, 6.45) is -0.595. The lowest BCUT2D eigenvalue weighted by molar-refractivity contribution is -0.117. The molecule has 0 saturated carbocycles. The van der Waals surface area contributed by atoms with Crippen LogP contribution in [0.15, 0.2) is 24.3 Å². The molecule has 1 heterocycles. The quantitative estimate of drug-likeness (QED) is 0.830. The van der Waals surface area contributed by atoms with Gasteiger partial charge in [-0.3, -0.25) is 4.79 Å². The first-order valence-corrected chi connectivity index (χ1v) is 6.87. The van der Waals surface area contributed by atoms with Crippen molar-refractivity contribution in [2.75, 3.05) is 23.8 Å². The number of benzene rings is 1. The predicted molar refractivity (Wildman–Crippen MR) is 81.5 cm³/mol. The zero-order valence-corrected chi connectivity index (χ0v) is 12.8. The van der Waals surface area contributed by atoms with Crippen LogP contribution in [0.3, 0.4) is 0 Å². The molecule has 0 radical (unpaired) electrons. The minimum atomic E-state index is -0.669. The van der Waals surface area contributed by atoms with Crippen LogP contribution in [-0.4, -0.2) is 37.2 Å². The number of anilines is 2. The maximum Gasteiger partial charge on any atom is 0.408 e. The molecule has 1 atom stereocenters. The van der Waals surface area contributed by atoms with Gasteiger partial charge < -0.3 is 20.3 Å². The maximum atomic E-state index is 12.2. The number of para-hydroxylation sites is 2. The number of alkyl carbamates (subject to hydrolysis) is 1. The number of likely N-dealkylation sites (N-methyl/N-ethyl adjacent to an activating group) is 1. The first kappa shape index (κ1) is 15.2. The van der Waals surface area contributed by atoms with Gasteiger partial charge in [-0.05, 0) is 32.9 Å². The summed E-state index contributed by atoms with van der Waals surface area (Å²) in [5, 5.41) is 5.44. The molecule has 6 heteroatoms. The Bertz CT molecular complexity index is 551. The normalized spacial score (nSPS) is 18.4. The fourth-order valence-corrected chi connectivity index (χ4v) is 2.15. The molecule has 6 nitrogen and oxygen atoms in total. The highest BCUT2D eigenvalue weighted by atomic mass is 16.6. The summed E-state index contributed by atoms with van der Waals surface area (Å²) in [6, 6.07) is 6.85. The first-order chi connectivity index (χ1) is 9.76. The molecule has 0 aliphatic carbocycles. The number of hydrogen-bond acceptors (Lipinski definition) is 4. The van der Waals surface area contributed by atoms with E-state index in [-0.39, 0.29) is 5.91 Å². The van der Waals surface area contributed by atoms with E-state index in [9.17, 15) is 9.59 Å². The topological polar surface area (TPSA) is 70.7 Å². The van der Waals surface area contributed by atoms with Gasteiger partial charge in [0.1, 0.15) is 11.6 Å². The van der Waals surface area contributed by atoms with Gasteiger partial charge >= 0.3 is 6.09 Å². The number of carbonyl (C=O) groups is 2. The molecule has 2 rings (SSSR count). The molecule has 0 saturated heterocycles. The van der Waals surface area contributed by atoms with Crippen LogP contribution in [0.2, 0.25) is 0 Å². The van der Waals surface area contributed by atoms with Crippen molar-refractivity contribution < 1.29 is 14.3 Å². The Morgan fingerprint density at radius 1 is 1.38 bits per heavy atom. The highest BCUT2D eigenvalue weighted by Gasteiger charge is 2.29. The van der Waals surface area contributed by atoms with E-state index in [1.165, 1.54) is 0 Å². The van der Waals surface area contributed by atoms with E-state index in [0.717, 1.165) is 11.4 Å². The van der Waals surface area contributed by atoms with Gasteiger partial charge in [0.05, 0.1) is 11.4 Å². The average molecular weight is 291 g/mol. The van der Waals surface area contributed by atoms with Crippen molar-refractivity contribution >= 4 is 23.4 Å². The van der Waals surface area contributed by atoms with Crippen LogP contribution in [0.1, 0.15) is 20.8 Å². The second-order valence-electron chi connectivity index (χ2n) is 6.09. The maximum absolute atomic E-state index is 12.2. The van der Waals surface area contributed by atoms with Crippen LogP contribution in [0.5, 0.6) is 0 Å². The molecule has 114 valence electrons. The first-order valence-electron chi connectivity index (χ1n) is 6.87. The molecule has 1 aromatic rings. The van der Waals surface area contributed by atoms with E-state index in [1.54, 1.807) is 20.8 Å². The van der Waals surface area contributed by atoms with Crippen molar-refractivity contribution in [3.05, 3.63) is 24.3 Å². The van der Waals surface area contributed by atoms with E-state index in [2.05, 4.69) is 10.6 Å². The molecule has 2 amide bonds. The summed E-state index contributed by atoms with van der Waals surface area (Å²) in [7, 11) is 1.88. The van der Waals surface area contributed by atoms with E-state index in [4.69, 9.17) is 4.74 Å². The predicted octanol–water partition coefficient (Wildman–Crippen LogP) is 1.97. The second-order valence-corrected chi connectivity index (χ2v) is 6.09. The van der Waals surface area contributed by atoms with Crippen LogP contribution < -0.4 is 15.5 Å². The Hall–Kier alpha value is -2.24. The summed E-state index contributed by atoms with van der Waals surface area (Å²) in [5.41, 5.74) is 1.05. The Morgan fingerprint density at radius 2 is 2.05 bits per heavy atom. The number of rotatable bonds is 1. The molecular formula is C15H21N3O3. The van der Waals surface area contributed by atoms with Gasteiger partial charge in [0.25, 0.3) is 0 Å². The molecule has 1 aliphatic rings. The van der Waals surface area contributed by atoms with Gasteiger partial charge in [0, 0.05) is 13.6 Å². The SMILES string of the molecule is CN1C[C@@H](NC(=O)OC(C)(C)C)C(=O)Nc2ccccc21. The number of hydrogen-bond donors (Lipinski definition) is 2. The van der Waals surface area contributed by atoms with Gasteiger partial charge in [-0.2, -0.15) is 0 Å². The summed E-state index contributed by atoms with van der Waals surface area (Å²) < 4.78 is 5.19. The van der Waals surface area contributed by atoms with Crippen LogP contribution in [0.25, 0.3) is 0 Å². The third kappa shape index (κ3) is 3.87. The fraction of sp³-hybridized carbons (Fsp3) is 0.467. The molecule has 2 N–H and O–H groups in total. The van der Waals surface area contributed by atoms with E-state index in [0.29, 0.717) is 6.54 Å². The summed E-state index contributed by atoms with van der Waals surface area (Å²) in [5.74, 6) is -0.252. The number of carbonyl (C=O) groups excluding carboxylic acids is 2. The second kappa shape index (κ2) is 5.63. The summed E-state index contributed by atoms with van der Waals surface area (Å²) >= 11 is 0. The fourth-order valence-electron chi connectivity index (χ4n) is 2.15. The largest absolute Gasteiger partial charge is 0.444 e. The zero-order valence-electron chi connectivity index (χ0n) is 12.8. The number of fused-ring (bicyclic) bond motifs is 1. The highest BCUT2D eigenvalue weighted by molar-refractivity contribution is 6.01. The van der Waals surface area contributed by atoms with E-state index >= 15 is 0 Å². The van der Waals surface area contributed by atoms with E-state index in [1.807, 2.05) is 36.2 Å². The van der Waals surface area contributed by atoms with Gasteiger partial charge in [0.2, 0.25) is 5.91 Å². The summed E-state index contributed by atoms with van der Waals surface area (Å²) in [6.45, 7) is 5.72. The lowest BCUT2D eigenvalue weighted by Crippen LogP contribution is -2.49. The third-order valence-electron chi connectivity index (χ3n) is 3.04. The number of nitrogens with one attached hydrogen (secondary N) is 2. The number of ether oxygens (including phenoxy) is 1. The molecular weight excluding hydrogens is 270 g/mol. The van der Waals surface area contributed by atoms with Crippen molar-refractivity contribution in [1.82, 2.24) is 5.32 Å². The smallest absolute Gasteiger partial charge is 0.408 e. The molecule has 0 fully saturated rings. The minimum absolute atomic E-state index is 0.252. The van der Waals surface area contributed by atoms with Crippen LogP contribution in [-0.2, 0) is 9.53 Å². The van der Waals surface area contributed by atoms with Gasteiger partial charge in [-0.15, -0.1) is 0 Å². The van der Waals surface area contributed by atoms with Crippen LogP contribution in [0, 0.1) is 0 Å². The highest BCUT2D eigenvalue weighted by Crippen LogP contribution is 2.27. The molecule has 1 aromatic carbocycles. The Labute approximate surface area is 124 Å². The molecule has 0 unspecified atom stereocenters. The molecule has 0 spiro atoms. The Kier molecular flexibility index (Phi) is 4.06. The molecule has 0 aromatic heterocycles. The number of amides is 2. The monoisotopic (exact) mass is 291 g/mol. The van der Waals surface area contributed by atoms with Gasteiger partial charge in [0.15, 0.2) is 0 Å². The standard InChI is InChI=1S/C15H21N3O3/c1-15(2,3)21-14(20)17-11-9-18(4)12-8-6-5-7-10(12)16-13(11)19/h5-8,11H,9H2,1-4H3,(H,16,19)(H,17,20)/t11-/m1/s1. The Balaban J connectivity index is 2.10. The van der Waals surface area contributed by atoms with Crippen molar-refractivity contribution in [3.63, 3.8) is 0 Å². The molecule has 21 heavy (non-hydrogen) atoms. The van der Waals surface area contributed by atoms with Crippen molar-refractivity contribution in [1.29, 1.82) is 0 Å². The Morgan fingerprint density at radius 3 is 2.71 bits per heavy atom. The van der Waals surface area contributed by atoms with Gasteiger partial charge in [-0.1, -0.05) is 12.1 Å². The summed E-state index contributed by atoms with van der Waals surface area (Å²) in [4.78, 5) is 26.0. The average Bonchev–Trinajstić information content (AvgIpc) is 2.46. The van der Waals surface area contributed by atoms with Gasteiger partial charge in [-0.25, -0.2) is 4.79 Å². The van der Waals surface area contributed by atoms with Crippen LogP contribution in [0.4, 0.5) is 16.2 Å². The lowest BCUT2D eigenvalue weighted by atomic mass is 10.2. The van der Waals surface area contributed by atoms with E-state index < -0.39 is 17.7 Å².